The van der Waals surface area contributed by atoms with Crippen molar-refractivity contribution in [2.75, 3.05) is 0 Å². The predicted octanol–water partition coefficient (Wildman–Crippen LogP) is 38.2. The van der Waals surface area contributed by atoms with Gasteiger partial charge in [-0.3, -0.25) is 4.57 Å². The van der Waals surface area contributed by atoms with Gasteiger partial charge in [-0.05, 0) is 175 Å². The average Bonchev–Trinajstić information content (AvgIpc) is 1.54. The maximum Gasteiger partial charge on any atom is 0.145 e. The van der Waals surface area contributed by atoms with Crippen LogP contribution in [0.1, 0.15) is 0 Å². The zero-order chi connectivity index (χ0) is 93.3. The lowest BCUT2D eigenvalue weighted by Crippen LogP contribution is -1.96. The van der Waals surface area contributed by atoms with Crippen molar-refractivity contribution in [2.45, 2.75) is 0 Å². The third kappa shape index (κ3) is 12.1. The molecule has 12 heterocycles. The van der Waals surface area contributed by atoms with Gasteiger partial charge in [0.15, 0.2) is 0 Å². The van der Waals surface area contributed by atoms with E-state index in [-0.39, 0.29) is 0 Å². The number of pyridine rings is 1. The first-order chi connectivity index (χ1) is 70.9. The van der Waals surface area contributed by atoms with E-state index in [0.29, 0.717) is 0 Å². The van der Waals surface area contributed by atoms with Crippen LogP contribution in [0.4, 0.5) is 0 Å². The smallest absolute Gasteiger partial charge is 0.145 e. The maximum absolute atomic E-state index is 6.58. The van der Waals surface area contributed by atoms with Crippen molar-refractivity contribution in [2.24, 2.45) is 0 Å². The van der Waals surface area contributed by atoms with E-state index in [1.165, 1.54) is 206 Å². The van der Waals surface area contributed by atoms with E-state index in [4.69, 9.17) is 13.8 Å². The summed E-state index contributed by atoms with van der Waals surface area (Å²) in [5.41, 5.74) is 28.5. The van der Waals surface area contributed by atoms with E-state index in [0.717, 1.165) is 89.1 Å². The molecule has 0 N–H and O–H groups in total. The van der Waals surface area contributed by atoms with Gasteiger partial charge in [0, 0.05) is 219 Å². The number of thiophene rings is 4. The Hall–Kier alpha value is -17.8. The van der Waals surface area contributed by atoms with Gasteiger partial charge in [-0.2, -0.15) is 0 Å². The number of aromatic nitrogens is 6. The topological polar surface area (TPSA) is 63.8 Å². The number of hydrogen-bond donors (Lipinski definition) is 0. The van der Waals surface area contributed by atoms with Crippen LogP contribution in [0.2, 0.25) is 0 Å². The second kappa shape index (κ2) is 31.4. The van der Waals surface area contributed by atoms with Crippen LogP contribution in [0, 0.1) is 0 Å². The molecule has 12 heteroatoms. The number of hydrogen-bond acceptors (Lipinski definition) is 7. The molecule has 0 saturated carbocycles. The highest BCUT2D eigenvalue weighted by Crippen LogP contribution is 2.52. The van der Waals surface area contributed by atoms with Crippen LogP contribution >= 0.6 is 45.3 Å². The summed E-state index contributed by atoms with van der Waals surface area (Å²) in [7, 11) is 0. The molecule has 666 valence electrons. The first-order valence-corrected chi connectivity index (χ1v) is 51.7. The molecule has 0 aliphatic carbocycles. The maximum atomic E-state index is 6.58. The summed E-state index contributed by atoms with van der Waals surface area (Å²) in [6.45, 7) is 0. The van der Waals surface area contributed by atoms with Gasteiger partial charge in [0.05, 0.1) is 49.7 Å². The van der Waals surface area contributed by atoms with Crippen LogP contribution in [0.25, 0.3) is 296 Å². The van der Waals surface area contributed by atoms with Gasteiger partial charge in [-0.1, -0.05) is 285 Å². The monoisotopic (exact) mass is 1890 g/mol. The molecule has 8 nitrogen and oxygen atoms in total. The third-order valence-corrected chi connectivity index (χ3v) is 34.6. The largest absolute Gasteiger partial charge is 0.456 e. The Morgan fingerprint density at radius 1 is 0.168 bits per heavy atom. The van der Waals surface area contributed by atoms with E-state index < -0.39 is 0 Å². The standard InChI is InChI=1S/C60H35N3S2.C36H21NO2.C35H20N2S2/c1-6-22-51-39(13-1)40-14-2-7-23-52(40)61(51)36-27-30-55-48(33-36)49-34-37(62-53-24-8-3-15-41(53)42-16-4-9-25-54(42)62)28-31-56(49)63(55)38-29-32-58-50(35-38)47-21-12-20-46(60(47)65-58)45-19-11-18-44-43-17-5-10-26-57(43)64-59(44)45;1-4-15-30-23(9-1)24-10-2-5-16-31(24)37(30)22-19-20-33-29(21-22)27-14-7-13-26(36(27)39-33)25-12-8-18-34-35(25)28-11-3-6-17-32(28)38-34;1-3-15-30-22(8-1)28-14-7-19-36-35(28)37(30)21-17-18-32-29(20-21)27-13-6-12-26(34(27)39-32)25-11-5-10-24-23-9-2-4-16-31(23)38-33(24)25/h1-35H;1-21H;1-20H. The molecular weight excluding hydrogens is 1820 g/mol. The third-order valence-electron chi connectivity index (χ3n) is 29.7. The van der Waals surface area contributed by atoms with Crippen molar-refractivity contribution in [3.05, 3.63) is 461 Å². The molecular formula is C131H76N6O2S4. The normalized spacial score (nSPS) is 12.2. The number of para-hydroxylation sites is 9. The van der Waals surface area contributed by atoms with Crippen molar-refractivity contribution in [1.29, 1.82) is 0 Å². The second-order valence-corrected chi connectivity index (χ2v) is 41.5. The van der Waals surface area contributed by atoms with E-state index >= 15 is 0 Å². The van der Waals surface area contributed by atoms with E-state index in [9.17, 15) is 0 Å². The van der Waals surface area contributed by atoms with Gasteiger partial charge in [-0.25, -0.2) is 4.98 Å². The fraction of sp³-hybridized carbons (Fsp3) is 0. The van der Waals surface area contributed by atoms with Crippen LogP contribution in [0.15, 0.2) is 470 Å². The van der Waals surface area contributed by atoms with Crippen LogP contribution in [0.5, 0.6) is 0 Å². The molecule has 0 atom stereocenters. The van der Waals surface area contributed by atoms with E-state index in [1.54, 1.807) is 0 Å². The zero-order valence-corrected chi connectivity index (χ0v) is 79.8. The van der Waals surface area contributed by atoms with Crippen LogP contribution in [0.3, 0.4) is 0 Å². The molecule has 0 aliphatic rings. The molecule has 0 aliphatic heterocycles. The van der Waals surface area contributed by atoms with Gasteiger partial charge in [0.1, 0.15) is 28.0 Å². The number of furan rings is 2. The SMILES string of the molecule is c1ccc2c(c1)oc1cccc(-c3cccc4c3oc3ccc(-n5c6ccccc6c6ccccc65)cc34)c12.c1ccc2c(c1)sc1c(-c3cccc4c3sc3ccc(-n5c6ccc(-n7c8ccccc8c8ccccc87)cc6c6cc(-n7c8ccccc8c8ccccc87)ccc65)cc34)cccc12.c1ccc2c(c1)sc1c(-c3cccc4c3sc3ccc(-n5c6ccccc6c6cccnc65)cc34)cccc12. The van der Waals surface area contributed by atoms with Crippen molar-refractivity contribution in [1.82, 2.24) is 27.8 Å². The molecule has 0 unspecified atom stereocenters. The van der Waals surface area contributed by atoms with Gasteiger partial charge < -0.3 is 27.1 Å². The second-order valence-electron chi connectivity index (χ2n) is 37.3. The van der Waals surface area contributed by atoms with Crippen LogP contribution < -0.4 is 0 Å². The lowest BCUT2D eigenvalue weighted by atomic mass is 9.97. The van der Waals surface area contributed by atoms with Crippen molar-refractivity contribution < 1.29 is 8.83 Å². The number of rotatable bonds is 8. The fourth-order valence-corrected chi connectivity index (χ4v) is 28.4. The first kappa shape index (κ1) is 80.2. The fourth-order valence-electron chi connectivity index (χ4n) is 23.5. The highest BCUT2D eigenvalue weighted by molar-refractivity contribution is 7.28. The average molecular weight is 1890 g/mol. The molecule has 21 aromatic carbocycles. The summed E-state index contributed by atoms with van der Waals surface area (Å²) in [5, 5.41) is 27.4. The lowest BCUT2D eigenvalue weighted by Gasteiger charge is -2.11. The van der Waals surface area contributed by atoms with Gasteiger partial charge in [-0.15, -0.1) is 45.3 Å². The molecule has 143 heavy (non-hydrogen) atoms. The molecule has 0 radical (unpaired) electrons. The van der Waals surface area contributed by atoms with Gasteiger partial charge in [0.25, 0.3) is 0 Å². The molecule has 0 amide bonds. The highest BCUT2D eigenvalue weighted by Gasteiger charge is 2.27. The number of benzene rings is 21. The number of fused-ring (bicyclic) bond motifs is 33. The Labute approximate surface area is 831 Å². The summed E-state index contributed by atoms with van der Waals surface area (Å²) in [5.74, 6) is 0. The van der Waals surface area contributed by atoms with Crippen molar-refractivity contribution in [3.63, 3.8) is 0 Å². The van der Waals surface area contributed by atoms with Gasteiger partial charge in [0.2, 0.25) is 0 Å². The molecule has 33 aromatic rings. The number of nitrogens with zero attached hydrogens (tertiary/aromatic N) is 6. The molecule has 0 spiro atoms. The van der Waals surface area contributed by atoms with Gasteiger partial charge >= 0.3 is 0 Å². The van der Waals surface area contributed by atoms with Crippen LogP contribution in [-0.2, 0) is 0 Å². The Kier molecular flexibility index (Phi) is 17.6. The zero-order valence-electron chi connectivity index (χ0n) is 76.5. The summed E-state index contributed by atoms with van der Waals surface area (Å²) < 4.78 is 35.4. The summed E-state index contributed by atoms with van der Waals surface area (Å²) in [6, 6.07) is 165. The molecule has 12 aromatic heterocycles. The van der Waals surface area contributed by atoms with Crippen molar-refractivity contribution in [3.8, 4) is 61.8 Å². The Balaban J connectivity index is 0.000000104. The van der Waals surface area contributed by atoms with E-state index in [1.807, 2.05) is 75.8 Å². The minimum atomic E-state index is 0.881. The summed E-state index contributed by atoms with van der Waals surface area (Å²) in [4.78, 5) is 4.79. The Morgan fingerprint density at radius 2 is 0.455 bits per heavy atom. The summed E-state index contributed by atoms with van der Waals surface area (Å²) >= 11 is 7.59. The molecule has 0 saturated heterocycles. The van der Waals surface area contributed by atoms with Crippen molar-refractivity contribution >= 4 is 279 Å². The predicted molar refractivity (Wildman–Crippen MR) is 611 cm³/mol. The molecule has 33 rings (SSSR count). The minimum absolute atomic E-state index is 0.881. The Bertz CT molecular complexity index is 10800. The Morgan fingerprint density at radius 3 is 0.902 bits per heavy atom. The summed E-state index contributed by atoms with van der Waals surface area (Å²) in [6.07, 6.45) is 1.89. The quantitative estimate of drug-likeness (QED) is 0.152. The molecule has 0 fully saturated rings. The first-order valence-electron chi connectivity index (χ1n) is 48.4. The van der Waals surface area contributed by atoms with Crippen LogP contribution in [-0.4, -0.2) is 27.8 Å². The van der Waals surface area contributed by atoms with E-state index in [2.05, 4.69) is 454 Å². The molecule has 0 bridgehead atoms. The highest BCUT2D eigenvalue weighted by atomic mass is 32.1. The lowest BCUT2D eigenvalue weighted by molar-refractivity contribution is 0.668. The minimum Gasteiger partial charge on any atom is -0.456 e.